The highest BCUT2D eigenvalue weighted by molar-refractivity contribution is 5.91. The summed E-state index contributed by atoms with van der Waals surface area (Å²) in [5.41, 5.74) is 0.995. The van der Waals surface area contributed by atoms with Crippen LogP contribution in [0.3, 0.4) is 0 Å². The zero-order chi connectivity index (χ0) is 26.9. The highest BCUT2D eigenvalue weighted by Gasteiger charge is 2.40. The number of aromatic nitrogens is 1. The first-order chi connectivity index (χ1) is 18.2. The number of aromatic amines is 1. The Hall–Kier alpha value is -3.14. The van der Waals surface area contributed by atoms with Crippen molar-refractivity contribution < 1.29 is 28.2 Å². The van der Waals surface area contributed by atoms with Crippen molar-refractivity contribution in [3.05, 3.63) is 77.2 Å². The summed E-state index contributed by atoms with van der Waals surface area (Å²) in [4.78, 5) is 19.5. The number of halogens is 3. The Kier molecular flexibility index (Phi) is 7.61. The SMILES string of the molecule is O=C(/C=C/c1cc(F)cc(F)c1)N1CCC(O)(C(O)CN2CCC(c3c[nH]c4ccc(F)cc34)CC2)CC1. The lowest BCUT2D eigenvalue weighted by atomic mass is 9.84. The van der Waals surface area contributed by atoms with Gasteiger partial charge in [0.05, 0.1) is 11.7 Å². The molecule has 0 radical (unpaired) electrons. The lowest BCUT2D eigenvalue weighted by Gasteiger charge is -2.43. The number of β-amino-alcohol motifs (C(OH)–C–C–N with tert-alkyl or cyclic N) is 1. The van der Waals surface area contributed by atoms with E-state index in [1.54, 1.807) is 17.0 Å². The zero-order valence-electron chi connectivity index (χ0n) is 21.0. The lowest BCUT2D eigenvalue weighted by molar-refractivity contribution is -0.140. The number of carbonyl (C=O) groups excluding carboxylic acids is 1. The van der Waals surface area contributed by atoms with Crippen LogP contribution in [0.15, 0.2) is 48.7 Å². The molecule has 3 aromatic rings. The molecule has 1 aromatic heterocycles. The fraction of sp³-hybridized carbons (Fsp3) is 0.414. The van der Waals surface area contributed by atoms with Crippen LogP contribution in [-0.2, 0) is 4.79 Å². The standard InChI is InChI=1S/C29H32F3N3O3/c30-21-2-3-26-24(16-21)25(17-33-26)20-5-9-34(10-6-20)18-27(36)29(38)7-11-35(12-8-29)28(37)4-1-19-13-22(31)15-23(32)14-19/h1-4,13-17,20,27,33,36,38H,5-12,18H2/b4-1+. The number of hydrogen-bond donors (Lipinski definition) is 3. The molecule has 9 heteroatoms. The maximum absolute atomic E-state index is 13.8. The van der Waals surface area contributed by atoms with Gasteiger partial charge >= 0.3 is 0 Å². The summed E-state index contributed by atoms with van der Waals surface area (Å²) in [5.74, 6) is -1.70. The maximum atomic E-state index is 13.8. The van der Waals surface area contributed by atoms with Gasteiger partial charge in [0.2, 0.25) is 5.91 Å². The smallest absolute Gasteiger partial charge is 0.246 e. The third kappa shape index (κ3) is 5.80. The monoisotopic (exact) mass is 527 g/mol. The molecule has 3 N–H and O–H groups in total. The van der Waals surface area contributed by atoms with Crippen molar-refractivity contribution in [3.63, 3.8) is 0 Å². The second kappa shape index (κ2) is 10.9. The molecule has 0 spiro atoms. The van der Waals surface area contributed by atoms with Crippen LogP contribution in [0.25, 0.3) is 17.0 Å². The Morgan fingerprint density at radius 1 is 1.03 bits per heavy atom. The predicted molar refractivity (Wildman–Crippen MR) is 139 cm³/mol. The van der Waals surface area contributed by atoms with E-state index < -0.39 is 23.3 Å². The topological polar surface area (TPSA) is 79.8 Å². The molecular weight excluding hydrogens is 495 g/mol. The van der Waals surface area contributed by atoms with E-state index in [4.69, 9.17) is 0 Å². The summed E-state index contributed by atoms with van der Waals surface area (Å²) in [7, 11) is 0. The van der Waals surface area contributed by atoms with Gasteiger partial charge in [-0.2, -0.15) is 0 Å². The van der Waals surface area contributed by atoms with Crippen molar-refractivity contribution in [2.45, 2.75) is 43.3 Å². The van der Waals surface area contributed by atoms with Gasteiger partial charge in [-0.05, 0) is 92.2 Å². The van der Waals surface area contributed by atoms with Crippen LogP contribution in [0.5, 0.6) is 0 Å². The molecule has 1 amide bonds. The molecule has 2 saturated heterocycles. The summed E-state index contributed by atoms with van der Waals surface area (Å²) in [6.07, 6.45) is 5.85. The largest absolute Gasteiger partial charge is 0.389 e. The van der Waals surface area contributed by atoms with Crippen LogP contribution in [-0.4, -0.2) is 75.3 Å². The molecule has 0 aliphatic carbocycles. The Labute approximate surface area is 219 Å². The van der Waals surface area contributed by atoms with Crippen molar-refractivity contribution >= 4 is 22.9 Å². The number of amides is 1. The van der Waals surface area contributed by atoms with Crippen LogP contribution in [0, 0.1) is 17.5 Å². The molecule has 2 aliphatic rings. The van der Waals surface area contributed by atoms with E-state index in [9.17, 15) is 28.2 Å². The molecular formula is C29H32F3N3O3. The molecule has 0 bridgehead atoms. The molecule has 3 heterocycles. The van der Waals surface area contributed by atoms with E-state index in [0.717, 1.165) is 60.6 Å². The highest BCUT2D eigenvalue weighted by atomic mass is 19.1. The lowest BCUT2D eigenvalue weighted by Crippen LogP contribution is -2.56. The molecule has 1 atom stereocenters. The van der Waals surface area contributed by atoms with Crippen molar-refractivity contribution in [1.82, 2.24) is 14.8 Å². The van der Waals surface area contributed by atoms with Gasteiger partial charge in [-0.1, -0.05) is 0 Å². The average Bonchev–Trinajstić information content (AvgIpc) is 3.30. The third-order valence-electron chi connectivity index (χ3n) is 8.00. The predicted octanol–water partition coefficient (Wildman–Crippen LogP) is 4.19. The fourth-order valence-electron chi connectivity index (χ4n) is 5.69. The van der Waals surface area contributed by atoms with Gasteiger partial charge in [0.25, 0.3) is 0 Å². The zero-order valence-corrected chi connectivity index (χ0v) is 21.0. The minimum Gasteiger partial charge on any atom is -0.389 e. The van der Waals surface area contributed by atoms with Gasteiger partial charge in [0.15, 0.2) is 0 Å². The van der Waals surface area contributed by atoms with Crippen molar-refractivity contribution in [2.75, 3.05) is 32.7 Å². The number of H-pyrrole nitrogens is 1. The van der Waals surface area contributed by atoms with Gasteiger partial charge in [0, 0.05) is 48.9 Å². The molecule has 2 aromatic carbocycles. The summed E-state index contributed by atoms with van der Waals surface area (Å²) < 4.78 is 40.5. The first kappa shape index (κ1) is 26.5. The third-order valence-corrected chi connectivity index (χ3v) is 8.00. The van der Waals surface area contributed by atoms with Gasteiger partial charge in [-0.15, -0.1) is 0 Å². The Balaban J connectivity index is 1.11. The van der Waals surface area contributed by atoms with E-state index in [1.807, 2.05) is 6.20 Å². The molecule has 2 fully saturated rings. The number of likely N-dealkylation sites (tertiary alicyclic amines) is 2. The van der Waals surface area contributed by atoms with Crippen LogP contribution in [0.2, 0.25) is 0 Å². The van der Waals surface area contributed by atoms with E-state index in [2.05, 4.69) is 9.88 Å². The van der Waals surface area contributed by atoms with Crippen molar-refractivity contribution in [3.8, 4) is 0 Å². The van der Waals surface area contributed by atoms with E-state index in [1.165, 1.54) is 18.2 Å². The quantitative estimate of drug-likeness (QED) is 0.420. The van der Waals surface area contributed by atoms with Crippen LogP contribution >= 0.6 is 0 Å². The van der Waals surface area contributed by atoms with Gasteiger partial charge in [-0.3, -0.25) is 4.79 Å². The number of nitrogens with zero attached hydrogens (tertiary/aromatic N) is 2. The fourth-order valence-corrected chi connectivity index (χ4v) is 5.69. The molecule has 2 aliphatic heterocycles. The first-order valence-electron chi connectivity index (χ1n) is 13.0. The number of benzene rings is 2. The van der Waals surface area contributed by atoms with E-state index >= 15 is 0 Å². The second-order valence-electron chi connectivity index (χ2n) is 10.5. The number of nitrogens with one attached hydrogen (secondary N) is 1. The number of piperidine rings is 2. The summed E-state index contributed by atoms with van der Waals surface area (Å²) in [5, 5.41) is 23.0. The number of carbonyl (C=O) groups is 1. The van der Waals surface area contributed by atoms with Crippen LogP contribution < -0.4 is 0 Å². The van der Waals surface area contributed by atoms with Gasteiger partial charge < -0.3 is 25.0 Å². The average molecular weight is 528 g/mol. The number of aliphatic hydroxyl groups excluding tert-OH is 1. The second-order valence-corrected chi connectivity index (χ2v) is 10.5. The van der Waals surface area contributed by atoms with E-state index in [0.29, 0.717) is 12.5 Å². The number of rotatable bonds is 6. The summed E-state index contributed by atoms with van der Waals surface area (Å²) in [6, 6.07) is 7.82. The van der Waals surface area contributed by atoms with E-state index in [-0.39, 0.29) is 43.2 Å². The molecule has 6 nitrogen and oxygen atoms in total. The number of aliphatic hydroxyl groups is 2. The molecule has 38 heavy (non-hydrogen) atoms. The minimum atomic E-state index is -1.29. The van der Waals surface area contributed by atoms with Gasteiger partial charge in [-0.25, -0.2) is 13.2 Å². The van der Waals surface area contributed by atoms with Crippen LogP contribution in [0.1, 0.15) is 42.7 Å². The molecule has 0 saturated carbocycles. The number of hydrogen-bond acceptors (Lipinski definition) is 4. The highest BCUT2D eigenvalue weighted by Crippen LogP contribution is 2.34. The maximum Gasteiger partial charge on any atom is 0.246 e. The Morgan fingerprint density at radius 2 is 1.71 bits per heavy atom. The first-order valence-corrected chi connectivity index (χ1v) is 13.0. The Bertz CT molecular complexity index is 1300. The van der Waals surface area contributed by atoms with Crippen molar-refractivity contribution in [1.29, 1.82) is 0 Å². The number of fused-ring (bicyclic) bond motifs is 1. The van der Waals surface area contributed by atoms with Crippen molar-refractivity contribution in [2.24, 2.45) is 0 Å². The normalized spacial score (nSPS) is 19.9. The molecule has 202 valence electrons. The van der Waals surface area contributed by atoms with Crippen LogP contribution in [0.4, 0.5) is 13.2 Å². The molecule has 1 unspecified atom stereocenters. The van der Waals surface area contributed by atoms with Gasteiger partial charge in [0.1, 0.15) is 17.5 Å². The summed E-state index contributed by atoms with van der Waals surface area (Å²) in [6.45, 7) is 2.40. The molecule has 5 rings (SSSR count). The summed E-state index contributed by atoms with van der Waals surface area (Å²) >= 11 is 0. The minimum absolute atomic E-state index is 0.236. The Morgan fingerprint density at radius 3 is 2.39 bits per heavy atom.